The average molecular weight is 1100 g/mol. The average Bonchev–Trinajstić information content (AvgIpc) is 3.22. The smallest absolute Gasteiger partial charge is 0.255 e. The van der Waals surface area contributed by atoms with Gasteiger partial charge < -0.3 is 69.9 Å². The number of likely N-dealkylation sites (N-methyl/N-ethyl adjacent to an activating group) is 2. The molecule has 2 fully saturated rings. The third kappa shape index (κ3) is 7.28. The fourth-order valence-corrected chi connectivity index (χ4v) is 11.4. The van der Waals surface area contributed by atoms with Gasteiger partial charge in [0.25, 0.3) is 11.8 Å². The first-order chi connectivity index (χ1) is 30.9. The van der Waals surface area contributed by atoms with Gasteiger partial charge >= 0.3 is 0 Å². The van der Waals surface area contributed by atoms with Crippen molar-refractivity contribution in [2.75, 3.05) is 28.2 Å². The summed E-state index contributed by atoms with van der Waals surface area (Å²) in [5, 5.41) is 77.4. The predicted octanol–water partition coefficient (Wildman–Crippen LogP) is 1.65. The van der Waals surface area contributed by atoms with Crippen molar-refractivity contribution in [2.24, 2.45) is 40.6 Å². The number of allylic oxidation sites excluding steroid dienone is 2. The second-order valence-electron chi connectivity index (χ2n) is 18.9. The van der Waals surface area contributed by atoms with Crippen molar-refractivity contribution < 1.29 is 135 Å². The van der Waals surface area contributed by atoms with Gasteiger partial charge in [0.15, 0.2) is 40.1 Å². The van der Waals surface area contributed by atoms with Crippen molar-refractivity contribution in [3.05, 3.63) is 111 Å². The van der Waals surface area contributed by atoms with Crippen LogP contribution in [0.4, 0.5) is 0 Å². The molecular formula is C49H52N4O14Y2-2. The Balaban J connectivity index is 0.000000250. The van der Waals surface area contributed by atoms with Gasteiger partial charge in [-0.25, -0.2) is 0 Å². The van der Waals surface area contributed by atoms with Crippen molar-refractivity contribution >= 4 is 57.6 Å². The van der Waals surface area contributed by atoms with Crippen LogP contribution in [0.5, 0.6) is 11.5 Å². The number of hydrogen-bond acceptors (Lipinski definition) is 16. The molecule has 18 nitrogen and oxygen atoms in total. The number of carbonyl (C=O) groups excluding carboxylic acids is 7. The van der Waals surface area contributed by atoms with Crippen LogP contribution in [0.3, 0.4) is 0 Å². The first kappa shape index (κ1) is 55.4. The van der Waals surface area contributed by atoms with E-state index >= 15 is 0 Å². The molecule has 9 atom stereocenters. The molecule has 8 rings (SSSR count). The zero-order valence-corrected chi connectivity index (χ0v) is 45.1. The molecule has 0 bridgehead atoms. The molecule has 2 aromatic rings. The van der Waals surface area contributed by atoms with Crippen LogP contribution in [0.25, 0.3) is 16.9 Å². The molecule has 360 valence electrons. The minimum Gasteiger partial charge on any atom is -0.508 e. The van der Waals surface area contributed by atoms with Crippen molar-refractivity contribution in [3.8, 4) is 11.5 Å². The van der Waals surface area contributed by atoms with Crippen LogP contribution in [0, 0.1) is 69.6 Å². The molecule has 6 aliphatic carbocycles. The minimum atomic E-state index is -2.76. The van der Waals surface area contributed by atoms with Crippen LogP contribution in [0.2, 0.25) is 0 Å². The zero-order valence-electron chi connectivity index (χ0n) is 39.4. The Morgan fingerprint density at radius 3 is 1.46 bits per heavy atom. The third-order valence-corrected chi connectivity index (χ3v) is 14.6. The number of benzene rings is 2. The Morgan fingerprint density at radius 1 is 0.623 bits per heavy atom. The summed E-state index contributed by atoms with van der Waals surface area (Å²) >= 11 is 0. The molecule has 20 heteroatoms. The van der Waals surface area contributed by atoms with Gasteiger partial charge in [-0.05, 0) is 96.2 Å². The van der Waals surface area contributed by atoms with Gasteiger partial charge in [-0.15, -0.1) is 11.8 Å². The van der Waals surface area contributed by atoms with Crippen LogP contribution in [-0.4, -0.2) is 138 Å². The molecule has 0 spiro atoms. The van der Waals surface area contributed by atoms with Gasteiger partial charge in [-0.2, -0.15) is 0 Å². The number of ketones is 5. The first-order valence-corrected chi connectivity index (χ1v) is 21.0. The van der Waals surface area contributed by atoms with E-state index in [9.17, 15) is 69.3 Å². The largest absolute Gasteiger partial charge is 0.508 e. The predicted molar refractivity (Wildman–Crippen MR) is 240 cm³/mol. The minimum absolute atomic E-state index is 0. The molecule has 2 aromatic carbocycles. The number of rotatable bonds is 4. The molecule has 0 saturated heterocycles. The van der Waals surface area contributed by atoms with Gasteiger partial charge in [0.1, 0.15) is 39.9 Å². The number of primary amides is 2. The van der Waals surface area contributed by atoms with E-state index in [4.69, 9.17) is 11.5 Å². The van der Waals surface area contributed by atoms with E-state index in [1.165, 1.54) is 57.8 Å². The quantitative estimate of drug-likeness (QED) is 0.119. The van der Waals surface area contributed by atoms with Crippen molar-refractivity contribution in [3.63, 3.8) is 0 Å². The van der Waals surface area contributed by atoms with Crippen molar-refractivity contribution in [2.45, 2.75) is 57.9 Å². The summed E-state index contributed by atoms with van der Waals surface area (Å²) in [5.41, 5.74) is 4.94. The number of nitrogens with two attached hydrogens (primary N) is 2. The number of aliphatic hydroxyl groups is 5. The van der Waals surface area contributed by atoms with E-state index in [1.807, 2.05) is 0 Å². The molecule has 2 saturated carbocycles. The number of fused-ring (bicyclic) bond motifs is 6. The standard InChI is InChI=1S/C25H27N2O7.C24H25N2O7.2Y/c1-9-7-10(2)18(28)15-14(9)11(3)12-8-13-17(27(5)6)19(29)16(22(26)32)21(31)25(13,34)23(33)24(12,4)20(15)30;1-8-6-9(2)18(27)15-13(8)10(3)11-7-12-17(26(4)5)20(29)16(23(25)32)22(31)24(12,33)21(30)14(11)19(15)28;;/h7-8,12-13,17,28,31,34H,3H2,1-2,4-6H3,(H2,26,32);6-7,11-12,17,27-28,31,33H,3H2,1-2,4-5H3,(H2,25,32);;/q2*-1;;/t12-,13+,17+,24-,25-;11-,12+,17+,24+;;/m11../s1. The normalized spacial score (nSPS) is 30.3. The summed E-state index contributed by atoms with van der Waals surface area (Å²) in [6, 6.07) is 1.02. The number of Topliss-reactive ketones (excluding diaryl/α,β-unsaturated/α-hetero) is 5. The number of amides is 2. The Kier molecular flexibility index (Phi) is 14.7. The number of aryl methyl sites for hydroxylation is 4. The summed E-state index contributed by atoms with van der Waals surface area (Å²) in [7, 11) is 6.11. The zero-order chi connectivity index (χ0) is 50.4. The maximum atomic E-state index is 14.0. The molecule has 0 aliphatic heterocycles. The first-order valence-electron chi connectivity index (χ1n) is 21.0. The topological polar surface area (TPSA) is 320 Å². The Labute approximate surface area is 447 Å². The van der Waals surface area contributed by atoms with Gasteiger partial charge in [0, 0.05) is 71.0 Å². The van der Waals surface area contributed by atoms with E-state index in [0.29, 0.717) is 44.5 Å². The van der Waals surface area contributed by atoms with Gasteiger partial charge in [-0.1, -0.05) is 48.3 Å². The molecular weight excluding hydrogens is 1050 g/mol. The van der Waals surface area contributed by atoms with Gasteiger partial charge in [0.2, 0.25) is 0 Å². The van der Waals surface area contributed by atoms with E-state index in [2.05, 4.69) is 13.2 Å². The molecule has 6 aliphatic rings. The summed E-state index contributed by atoms with van der Waals surface area (Å²) in [5.74, 6) is -15.0. The van der Waals surface area contributed by atoms with E-state index in [1.54, 1.807) is 39.8 Å². The molecule has 0 heterocycles. The number of hydrogen-bond donors (Lipinski definition) is 9. The number of phenolic OH excluding ortho intramolecular Hbond substituents is 2. The number of phenols is 2. The molecule has 69 heavy (non-hydrogen) atoms. The van der Waals surface area contributed by atoms with E-state index in [-0.39, 0.29) is 93.6 Å². The number of nitrogens with zero attached hydrogens (tertiary/aromatic N) is 2. The fourth-order valence-electron chi connectivity index (χ4n) is 11.4. The number of aromatic hydroxyl groups is 2. The monoisotopic (exact) mass is 1100 g/mol. The Hall–Kier alpha value is -4.52. The maximum absolute atomic E-state index is 14.0. The fraction of sp³-hybridized carbons (Fsp3) is 0.367. The molecule has 0 aromatic heterocycles. The maximum Gasteiger partial charge on any atom is 0.255 e. The van der Waals surface area contributed by atoms with E-state index in [0.717, 1.165) is 0 Å². The SMILES string of the molecule is C=C1c2c(C)cc(C)c(O)c2C(=O)[C@]2(C)C(=O)[C@]3(O)C(O)=C(C(N)=O)C(=O)[C@@H](N(C)C)[C@@H]3[CH-][C@H]12.C=C1c2c(C)cc(C)c(O)c2C(O)=C2C(=O)[C@]3(O)C(O)=C(C(N)=O)C(=O)[C@@H](N(C)C)[C@@H]3[CH-][C@H]12.[Y].[Y]. The van der Waals surface area contributed by atoms with Gasteiger partial charge in [-0.3, -0.25) is 33.6 Å². The molecule has 0 unspecified atom stereocenters. The summed E-state index contributed by atoms with van der Waals surface area (Å²) in [6.45, 7) is 16.3. The van der Waals surface area contributed by atoms with Crippen molar-refractivity contribution in [1.82, 2.24) is 9.80 Å². The number of carbonyl (C=O) groups is 7. The van der Waals surface area contributed by atoms with E-state index < -0.39 is 122 Å². The van der Waals surface area contributed by atoms with Crippen LogP contribution in [0.1, 0.15) is 56.2 Å². The summed E-state index contributed by atoms with van der Waals surface area (Å²) in [4.78, 5) is 94.7. The molecule has 2 amide bonds. The Bertz CT molecular complexity index is 2900. The van der Waals surface area contributed by atoms with Crippen LogP contribution < -0.4 is 11.5 Å². The van der Waals surface area contributed by atoms with Crippen LogP contribution in [-0.2, 0) is 94.2 Å². The Morgan fingerprint density at radius 2 is 1.03 bits per heavy atom. The van der Waals surface area contributed by atoms with Crippen molar-refractivity contribution in [1.29, 1.82) is 0 Å². The van der Waals surface area contributed by atoms with Crippen LogP contribution >= 0.6 is 0 Å². The second kappa shape index (κ2) is 18.3. The molecule has 11 N–H and O–H groups in total. The number of aliphatic hydroxyl groups excluding tert-OH is 3. The van der Waals surface area contributed by atoms with Gasteiger partial charge in [0.05, 0.1) is 28.6 Å². The molecule has 2 radical (unpaired) electrons. The summed E-state index contributed by atoms with van der Waals surface area (Å²) in [6.07, 6.45) is 2.96. The summed E-state index contributed by atoms with van der Waals surface area (Å²) < 4.78 is 0. The second-order valence-corrected chi connectivity index (χ2v) is 18.9. The third-order valence-electron chi connectivity index (χ3n) is 14.6. The van der Waals surface area contributed by atoms with Crippen LogP contribution in [0.15, 0.2) is 53.5 Å².